The minimum atomic E-state index is -0.625. The number of para-hydroxylation sites is 1. The maximum Gasteiger partial charge on any atom is 0.262 e. The van der Waals surface area contributed by atoms with Gasteiger partial charge in [-0.2, -0.15) is 0 Å². The van der Waals surface area contributed by atoms with Crippen molar-refractivity contribution in [1.29, 1.82) is 0 Å². The van der Waals surface area contributed by atoms with Gasteiger partial charge < -0.3 is 0 Å². The Morgan fingerprint density at radius 1 is 1.19 bits per heavy atom. The Bertz CT molecular complexity index is 1000. The molecular formula is C20H18Cl2N2OS. The fraction of sp³-hybridized carbons (Fsp3) is 0.300. The molecule has 1 fully saturated rings. The summed E-state index contributed by atoms with van der Waals surface area (Å²) in [4.78, 5) is 18.0. The van der Waals surface area contributed by atoms with Crippen molar-refractivity contribution in [1.82, 2.24) is 9.55 Å². The quantitative estimate of drug-likeness (QED) is 0.329. The van der Waals surface area contributed by atoms with Gasteiger partial charge in [0.25, 0.3) is 5.56 Å². The molecule has 1 heterocycles. The molecule has 0 aliphatic heterocycles. The number of hydrogen-bond donors (Lipinski definition) is 0. The van der Waals surface area contributed by atoms with Gasteiger partial charge >= 0.3 is 0 Å². The third kappa shape index (κ3) is 3.38. The first-order valence-electron chi connectivity index (χ1n) is 8.54. The van der Waals surface area contributed by atoms with Crippen molar-refractivity contribution < 1.29 is 0 Å². The highest BCUT2D eigenvalue weighted by molar-refractivity contribution is 7.99. The number of aromatic nitrogens is 2. The Labute approximate surface area is 166 Å². The number of nitrogens with zero attached hydrogens (tertiary/aromatic N) is 2. The number of benzene rings is 2. The molecule has 0 spiro atoms. The second-order valence-corrected chi connectivity index (χ2v) is 9.18. The van der Waals surface area contributed by atoms with E-state index in [4.69, 9.17) is 28.2 Å². The van der Waals surface area contributed by atoms with E-state index in [1.807, 2.05) is 61.5 Å². The largest absolute Gasteiger partial charge is 0.280 e. The number of halogens is 2. The molecule has 1 aromatic heterocycles. The smallest absolute Gasteiger partial charge is 0.262 e. The minimum Gasteiger partial charge on any atom is -0.280 e. The number of thioether (sulfide) groups is 1. The van der Waals surface area contributed by atoms with Crippen molar-refractivity contribution in [2.75, 3.05) is 5.75 Å². The van der Waals surface area contributed by atoms with Gasteiger partial charge in [-0.05, 0) is 31.0 Å². The summed E-state index contributed by atoms with van der Waals surface area (Å²) in [5.74, 6) is 0.985. The van der Waals surface area contributed by atoms with Crippen LogP contribution in [0.1, 0.15) is 24.9 Å². The molecule has 26 heavy (non-hydrogen) atoms. The summed E-state index contributed by atoms with van der Waals surface area (Å²) in [6.45, 7) is 2.03. The summed E-state index contributed by atoms with van der Waals surface area (Å²) in [6.07, 6.45) is 0.787. The molecular weight excluding hydrogens is 387 g/mol. The normalized spacial score (nSPS) is 19.4. The summed E-state index contributed by atoms with van der Waals surface area (Å²) in [5.41, 5.74) is 1.77. The molecule has 3 aromatic rings. The Kier molecular flexibility index (Phi) is 4.76. The van der Waals surface area contributed by atoms with E-state index < -0.39 is 4.33 Å². The summed E-state index contributed by atoms with van der Waals surface area (Å²) in [7, 11) is 0. The van der Waals surface area contributed by atoms with E-state index in [1.54, 1.807) is 16.3 Å². The SMILES string of the molecule is CC(c1ccccc1)n1c(SCC2CC2(Cl)Cl)nc2ccccc2c1=O. The molecule has 0 bridgehead atoms. The van der Waals surface area contributed by atoms with Crippen molar-refractivity contribution in [3.63, 3.8) is 0 Å². The molecule has 2 unspecified atom stereocenters. The van der Waals surface area contributed by atoms with Crippen molar-refractivity contribution >= 4 is 45.9 Å². The molecule has 2 atom stereocenters. The van der Waals surface area contributed by atoms with Gasteiger partial charge in [-0.1, -0.05) is 54.2 Å². The average molecular weight is 405 g/mol. The Morgan fingerprint density at radius 3 is 2.54 bits per heavy atom. The molecule has 2 aromatic carbocycles. The molecule has 1 aliphatic carbocycles. The van der Waals surface area contributed by atoms with E-state index in [0.717, 1.165) is 23.3 Å². The highest BCUT2D eigenvalue weighted by atomic mass is 35.5. The highest BCUT2D eigenvalue weighted by Gasteiger charge is 2.51. The fourth-order valence-corrected chi connectivity index (χ4v) is 5.08. The minimum absolute atomic E-state index is 0.0201. The van der Waals surface area contributed by atoms with Gasteiger partial charge in [0.05, 0.1) is 16.9 Å². The first-order chi connectivity index (χ1) is 12.5. The van der Waals surface area contributed by atoms with Crippen LogP contribution < -0.4 is 5.56 Å². The van der Waals surface area contributed by atoms with Crippen LogP contribution in [0.25, 0.3) is 10.9 Å². The molecule has 1 saturated carbocycles. The second kappa shape index (κ2) is 6.91. The number of alkyl halides is 2. The van der Waals surface area contributed by atoms with Crippen molar-refractivity contribution in [3.05, 3.63) is 70.5 Å². The van der Waals surface area contributed by atoms with Gasteiger partial charge in [-0.3, -0.25) is 9.36 Å². The van der Waals surface area contributed by atoms with Crippen LogP contribution in [0.3, 0.4) is 0 Å². The van der Waals surface area contributed by atoms with Crippen LogP contribution >= 0.6 is 35.0 Å². The van der Waals surface area contributed by atoms with E-state index in [2.05, 4.69) is 0 Å². The topological polar surface area (TPSA) is 34.9 Å². The zero-order valence-corrected chi connectivity index (χ0v) is 16.6. The van der Waals surface area contributed by atoms with E-state index in [1.165, 1.54) is 0 Å². The number of rotatable bonds is 5. The second-order valence-electron chi connectivity index (χ2n) is 6.65. The molecule has 0 amide bonds. The predicted molar refractivity (Wildman–Crippen MR) is 110 cm³/mol. The van der Waals surface area contributed by atoms with Gasteiger partial charge in [-0.15, -0.1) is 23.2 Å². The van der Waals surface area contributed by atoms with Crippen molar-refractivity contribution in [2.24, 2.45) is 5.92 Å². The van der Waals surface area contributed by atoms with Crippen LogP contribution in [0.2, 0.25) is 0 Å². The summed E-state index contributed by atoms with van der Waals surface area (Å²) in [5, 5.41) is 1.34. The molecule has 0 radical (unpaired) electrons. The zero-order valence-electron chi connectivity index (χ0n) is 14.2. The molecule has 4 rings (SSSR count). The standard InChI is InChI=1S/C20H18Cl2N2OS/c1-13(14-7-3-2-4-8-14)24-18(25)16-9-5-6-10-17(16)23-19(24)26-12-15-11-20(15,21)22/h2-10,13,15H,11-12H2,1H3. The first kappa shape index (κ1) is 17.9. The number of hydrogen-bond acceptors (Lipinski definition) is 3. The van der Waals surface area contributed by atoms with Crippen molar-refractivity contribution in [2.45, 2.75) is 28.9 Å². The van der Waals surface area contributed by atoms with Crippen LogP contribution in [0.15, 0.2) is 64.5 Å². The lowest BCUT2D eigenvalue weighted by Gasteiger charge is -2.20. The summed E-state index contributed by atoms with van der Waals surface area (Å²) >= 11 is 13.9. The molecule has 134 valence electrons. The molecule has 0 N–H and O–H groups in total. The summed E-state index contributed by atoms with van der Waals surface area (Å²) < 4.78 is 1.16. The Balaban J connectivity index is 1.79. The third-order valence-electron chi connectivity index (χ3n) is 4.81. The van der Waals surface area contributed by atoms with Crippen LogP contribution in [0.4, 0.5) is 0 Å². The first-order valence-corrected chi connectivity index (χ1v) is 10.3. The highest BCUT2D eigenvalue weighted by Crippen LogP contribution is 2.54. The van der Waals surface area contributed by atoms with Gasteiger partial charge in [-0.25, -0.2) is 4.98 Å². The number of fused-ring (bicyclic) bond motifs is 1. The van der Waals surface area contributed by atoms with Crippen LogP contribution in [-0.2, 0) is 0 Å². The Morgan fingerprint density at radius 2 is 1.85 bits per heavy atom. The predicted octanol–water partition coefficient (Wildman–Crippen LogP) is 5.29. The Hall–Kier alpha value is -1.49. The third-order valence-corrected chi connectivity index (χ3v) is 6.86. The lowest BCUT2D eigenvalue weighted by Crippen LogP contribution is -2.27. The fourth-order valence-electron chi connectivity index (χ4n) is 3.08. The van der Waals surface area contributed by atoms with E-state index >= 15 is 0 Å². The van der Waals surface area contributed by atoms with Crippen molar-refractivity contribution in [3.8, 4) is 0 Å². The van der Waals surface area contributed by atoms with E-state index in [0.29, 0.717) is 10.5 Å². The molecule has 1 aliphatic rings. The maximum atomic E-state index is 13.2. The van der Waals surface area contributed by atoms with Gasteiger partial charge in [0.2, 0.25) is 0 Å². The van der Waals surface area contributed by atoms with Gasteiger partial charge in [0, 0.05) is 11.7 Å². The molecule has 6 heteroatoms. The maximum absolute atomic E-state index is 13.2. The van der Waals surface area contributed by atoms with E-state index in [-0.39, 0.29) is 17.5 Å². The van der Waals surface area contributed by atoms with Gasteiger partial charge in [0.15, 0.2) is 5.16 Å². The lowest BCUT2D eigenvalue weighted by atomic mass is 10.1. The molecule has 0 saturated heterocycles. The van der Waals surface area contributed by atoms with Crippen LogP contribution in [-0.4, -0.2) is 19.6 Å². The van der Waals surface area contributed by atoms with Gasteiger partial charge in [0.1, 0.15) is 4.33 Å². The monoisotopic (exact) mass is 404 g/mol. The average Bonchev–Trinajstić information content (AvgIpc) is 3.27. The van der Waals surface area contributed by atoms with Crippen LogP contribution in [0, 0.1) is 5.92 Å². The summed E-state index contributed by atoms with van der Waals surface area (Å²) in [6, 6.07) is 17.4. The van der Waals surface area contributed by atoms with E-state index in [9.17, 15) is 4.79 Å². The lowest BCUT2D eigenvalue weighted by molar-refractivity contribution is 0.548. The zero-order chi connectivity index (χ0) is 18.3. The molecule has 3 nitrogen and oxygen atoms in total. The van der Waals surface area contributed by atoms with Crippen LogP contribution in [0.5, 0.6) is 0 Å².